The van der Waals surface area contributed by atoms with Crippen LogP contribution in [0.2, 0.25) is 0 Å². The van der Waals surface area contributed by atoms with E-state index >= 15 is 8.78 Å². The lowest BCUT2D eigenvalue weighted by atomic mass is 9.89. The van der Waals surface area contributed by atoms with E-state index in [-0.39, 0.29) is 0 Å². The van der Waals surface area contributed by atoms with Gasteiger partial charge in [0.25, 0.3) is 0 Å². The number of nitrogens with zero attached hydrogens (tertiary/aromatic N) is 2. The Morgan fingerprint density at radius 2 is 1.03 bits per heavy atom. The zero-order chi connectivity index (χ0) is 21.7. The summed E-state index contributed by atoms with van der Waals surface area (Å²) in [6, 6.07) is 20.6. The fraction of sp³-hybridized carbons (Fsp3) is 0.111. The Hall–Kier alpha value is -3.66. The second kappa shape index (κ2) is 7.24. The quantitative estimate of drug-likeness (QED) is 0.335. The van der Waals surface area contributed by atoms with Crippen LogP contribution in [0.1, 0.15) is 5.56 Å². The minimum absolute atomic E-state index is 0.430. The van der Waals surface area contributed by atoms with Gasteiger partial charge < -0.3 is 0 Å². The first-order chi connectivity index (χ1) is 15.0. The molecule has 3 aromatic carbocycles. The number of aromatic nitrogens is 2. The van der Waals surface area contributed by atoms with Crippen LogP contribution < -0.4 is 9.13 Å². The molecule has 0 N–H and O–H groups in total. The summed E-state index contributed by atoms with van der Waals surface area (Å²) in [6.07, 6.45) is 3.88. The number of pyridine rings is 2. The first kappa shape index (κ1) is 19.3. The van der Waals surface area contributed by atoms with E-state index in [0.29, 0.717) is 16.7 Å². The van der Waals surface area contributed by atoms with Gasteiger partial charge in [-0.2, -0.15) is 0 Å². The van der Waals surface area contributed by atoms with E-state index in [4.69, 9.17) is 0 Å². The maximum absolute atomic E-state index is 15.3. The van der Waals surface area contributed by atoms with E-state index < -0.39 is 11.6 Å². The number of aryl methyl sites for hydroxylation is 2. The molecule has 2 heterocycles. The molecular formula is C27H22F2N2+2. The lowest BCUT2D eigenvalue weighted by Crippen LogP contribution is -2.29. The summed E-state index contributed by atoms with van der Waals surface area (Å²) in [4.78, 5) is 0. The van der Waals surface area contributed by atoms with Crippen LogP contribution in [0.15, 0.2) is 79.1 Å². The number of hydrogen-bond acceptors (Lipinski definition) is 0. The summed E-state index contributed by atoms with van der Waals surface area (Å²) < 4.78 is 34.5. The van der Waals surface area contributed by atoms with Crippen molar-refractivity contribution >= 4 is 21.8 Å². The van der Waals surface area contributed by atoms with Crippen LogP contribution in [0.5, 0.6) is 0 Å². The Kier molecular flexibility index (Phi) is 4.51. The Morgan fingerprint density at radius 1 is 0.613 bits per heavy atom. The second-order valence-corrected chi connectivity index (χ2v) is 7.94. The van der Waals surface area contributed by atoms with E-state index in [0.717, 1.165) is 39.0 Å². The van der Waals surface area contributed by atoms with Crippen LogP contribution in [0.25, 0.3) is 44.1 Å². The highest BCUT2D eigenvalue weighted by Crippen LogP contribution is 2.39. The fourth-order valence-electron chi connectivity index (χ4n) is 4.68. The van der Waals surface area contributed by atoms with Crippen LogP contribution in [0.3, 0.4) is 0 Å². The van der Waals surface area contributed by atoms with Crippen molar-refractivity contribution in [3.05, 3.63) is 96.3 Å². The number of benzene rings is 3. The molecule has 152 valence electrons. The Bertz CT molecular complexity index is 1370. The molecular weight excluding hydrogens is 390 g/mol. The molecule has 4 heteroatoms. The topological polar surface area (TPSA) is 7.76 Å². The van der Waals surface area contributed by atoms with E-state index in [1.54, 1.807) is 6.92 Å². The molecule has 0 amide bonds. The summed E-state index contributed by atoms with van der Waals surface area (Å²) >= 11 is 0. The molecule has 0 aliphatic heterocycles. The highest BCUT2D eigenvalue weighted by Gasteiger charge is 2.25. The zero-order valence-corrected chi connectivity index (χ0v) is 17.7. The molecule has 0 fully saturated rings. The van der Waals surface area contributed by atoms with Gasteiger partial charge in [0.15, 0.2) is 12.4 Å². The monoisotopic (exact) mass is 412 g/mol. The van der Waals surface area contributed by atoms with Gasteiger partial charge in [0.1, 0.15) is 25.7 Å². The van der Waals surface area contributed by atoms with Crippen LogP contribution in [0.4, 0.5) is 8.78 Å². The van der Waals surface area contributed by atoms with Gasteiger partial charge in [-0.15, -0.1) is 0 Å². The van der Waals surface area contributed by atoms with Gasteiger partial charge in [0.05, 0.1) is 11.1 Å². The molecule has 5 aromatic rings. The number of rotatable bonds is 2. The number of halogens is 2. The highest BCUT2D eigenvalue weighted by molar-refractivity contribution is 5.97. The molecule has 31 heavy (non-hydrogen) atoms. The highest BCUT2D eigenvalue weighted by atomic mass is 19.1. The summed E-state index contributed by atoms with van der Waals surface area (Å²) in [5.41, 5.74) is 4.77. The van der Waals surface area contributed by atoms with Gasteiger partial charge in [0.2, 0.25) is 11.0 Å². The Labute approximate surface area is 179 Å². The van der Waals surface area contributed by atoms with Crippen LogP contribution in [-0.2, 0) is 14.1 Å². The molecule has 2 nitrogen and oxygen atoms in total. The first-order valence-corrected chi connectivity index (χ1v) is 10.2. The SMILES string of the molecule is Cc1c(-c2cccc3ccc[n+](C)c23)c(F)cc(F)c1-c1cccc2ccc[n+](C)c12. The van der Waals surface area contributed by atoms with Crippen molar-refractivity contribution in [1.82, 2.24) is 0 Å². The van der Waals surface area contributed by atoms with Crippen molar-refractivity contribution < 1.29 is 17.9 Å². The predicted molar refractivity (Wildman–Crippen MR) is 119 cm³/mol. The van der Waals surface area contributed by atoms with Crippen molar-refractivity contribution in [2.75, 3.05) is 0 Å². The lowest BCUT2D eigenvalue weighted by Gasteiger charge is -2.15. The van der Waals surface area contributed by atoms with Gasteiger partial charge in [-0.05, 0) is 48.9 Å². The van der Waals surface area contributed by atoms with Gasteiger partial charge in [-0.25, -0.2) is 17.9 Å². The van der Waals surface area contributed by atoms with Crippen molar-refractivity contribution in [3.8, 4) is 22.3 Å². The van der Waals surface area contributed by atoms with Gasteiger partial charge >= 0.3 is 0 Å². The molecule has 5 rings (SSSR count). The largest absolute Gasteiger partial charge is 0.220 e. The number of para-hydroxylation sites is 2. The molecule has 0 bridgehead atoms. The second-order valence-electron chi connectivity index (χ2n) is 7.94. The third-order valence-electron chi connectivity index (χ3n) is 6.03. The van der Waals surface area contributed by atoms with E-state index in [1.165, 1.54) is 0 Å². The average Bonchev–Trinajstić information content (AvgIpc) is 2.74. The van der Waals surface area contributed by atoms with Crippen molar-refractivity contribution in [3.63, 3.8) is 0 Å². The van der Waals surface area contributed by atoms with Crippen LogP contribution in [0, 0.1) is 18.6 Å². The standard InChI is InChI=1S/C27H22F2N2/c1-17-24(20-12-4-8-18-10-6-14-30(2)26(18)20)22(28)16-23(29)25(17)21-13-5-9-19-11-7-15-31(3)27(19)21/h4-16H,1-3H3/q+2. The van der Waals surface area contributed by atoms with Crippen molar-refractivity contribution in [2.24, 2.45) is 14.1 Å². The summed E-state index contributed by atoms with van der Waals surface area (Å²) in [7, 11) is 3.88. The zero-order valence-electron chi connectivity index (χ0n) is 17.7. The number of hydrogen-bond donors (Lipinski definition) is 0. The third-order valence-corrected chi connectivity index (χ3v) is 6.03. The van der Waals surface area contributed by atoms with Crippen LogP contribution in [-0.4, -0.2) is 0 Å². The van der Waals surface area contributed by atoms with E-state index in [9.17, 15) is 0 Å². The van der Waals surface area contributed by atoms with Crippen LogP contribution >= 0.6 is 0 Å². The summed E-state index contributed by atoms with van der Waals surface area (Å²) in [5, 5.41) is 2.01. The summed E-state index contributed by atoms with van der Waals surface area (Å²) in [5.74, 6) is -1.11. The molecule has 0 aliphatic carbocycles. The van der Waals surface area contributed by atoms with Gasteiger partial charge in [-0.3, -0.25) is 0 Å². The molecule has 0 atom stereocenters. The molecule has 0 saturated carbocycles. The molecule has 0 unspecified atom stereocenters. The van der Waals surface area contributed by atoms with Crippen molar-refractivity contribution in [2.45, 2.75) is 6.92 Å². The number of fused-ring (bicyclic) bond motifs is 2. The van der Waals surface area contributed by atoms with E-state index in [2.05, 4.69) is 0 Å². The fourth-order valence-corrected chi connectivity index (χ4v) is 4.68. The Balaban J connectivity index is 1.89. The third kappa shape index (κ3) is 2.98. The smallest absolute Gasteiger partial charge is 0.206 e. The van der Waals surface area contributed by atoms with Crippen molar-refractivity contribution in [1.29, 1.82) is 0 Å². The molecule has 0 saturated heterocycles. The normalized spacial score (nSPS) is 11.4. The molecule has 0 aliphatic rings. The van der Waals surface area contributed by atoms with Gasteiger partial charge in [0, 0.05) is 40.1 Å². The first-order valence-electron chi connectivity index (χ1n) is 10.2. The summed E-state index contributed by atoms with van der Waals surface area (Å²) in [6.45, 7) is 1.81. The predicted octanol–water partition coefficient (Wildman–Crippen LogP) is 5.56. The minimum atomic E-state index is -0.556. The van der Waals surface area contributed by atoms with Gasteiger partial charge in [-0.1, -0.05) is 12.1 Å². The minimum Gasteiger partial charge on any atom is -0.206 e. The molecule has 2 aromatic heterocycles. The average molecular weight is 412 g/mol. The Morgan fingerprint density at radius 3 is 1.48 bits per heavy atom. The maximum Gasteiger partial charge on any atom is 0.220 e. The maximum atomic E-state index is 15.3. The van der Waals surface area contributed by atoms with E-state index in [1.807, 2.05) is 96.3 Å². The molecule has 0 radical (unpaired) electrons. The molecule has 0 spiro atoms. The lowest BCUT2D eigenvalue weighted by molar-refractivity contribution is -0.644.